The molecule has 0 unspecified atom stereocenters. The average Bonchev–Trinajstić information content (AvgIpc) is 2.36. The Balaban J connectivity index is 2.76. The van der Waals surface area contributed by atoms with Gasteiger partial charge in [-0.3, -0.25) is 4.79 Å². The topological polar surface area (TPSA) is 79.5 Å². The van der Waals surface area contributed by atoms with Crippen LogP contribution in [-0.2, 0) is 5.54 Å². The third-order valence-electron chi connectivity index (χ3n) is 4.50. The van der Waals surface area contributed by atoms with Crippen LogP contribution in [0.3, 0.4) is 0 Å². The first kappa shape index (κ1) is 14.6. The van der Waals surface area contributed by atoms with Crippen LogP contribution < -0.4 is 5.56 Å². The smallest absolute Gasteiger partial charge is 0.341 e. The van der Waals surface area contributed by atoms with E-state index in [9.17, 15) is 19.8 Å². The van der Waals surface area contributed by atoms with Gasteiger partial charge in [-0.1, -0.05) is 19.3 Å². The Morgan fingerprint density at radius 3 is 2.25 bits per heavy atom. The summed E-state index contributed by atoms with van der Waals surface area (Å²) in [5.74, 6) is -1.60. The maximum atomic E-state index is 12.5. The van der Waals surface area contributed by atoms with Crippen LogP contribution in [0.25, 0.3) is 0 Å². The molecule has 1 aromatic heterocycles. The molecule has 1 fully saturated rings. The van der Waals surface area contributed by atoms with Gasteiger partial charge in [0, 0.05) is 11.2 Å². The minimum Gasteiger partial charge on any atom is -0.506 e. The van der Waals surface area contributed by atoms with Gasteiger partial charge in [0.25, 0.3) is 5.56 Å². The van der Waals surface area contributed by atoms with E-state index >= 15 is 0 Å². The molecule has 2 rings (SSSR count). The highest BCUT2D eigenvalue weighted by atomic mass is 16.4. The van der Waals surface area contributed by atoms with E-state index in [4.69, 9.17) is 0 Å². The van der Waals surface area contributed by atoms with Crippen LogP contribution in [0, 0.1) is 13.8 Å². The van der Waals surface area contributed by atoms with Crippen molar-refractivity contribution in [2.24, 2.45) is 0 Å². The molecule has 0 aromatic carbocycles. The lowest BCUT2D eigenvalue weighted by Gasteiger charge is -2.37. The Morgan fingerprint density at radius 1 is 1.20 bits per heavy atom. The maximum absolute atomic E-state index is 12.5. The van der Waals surface area contributed by atoms with Crippen molar-refractivity contribution >= 4 is 5.97 Å². The van der Waals surface area contributed by atoms with Gasteiger partial charge in [0.2, 0.25) is 0 Å². The summed E-state index contributed by atoms with van der Waals surface area (Å²) >= 11 is 0. The van der Waals surface area contributed by atoms with E-state index in [2.05, 4.69) is 0 Å². The monoisotopic (exact) mass is 279 g/mol. The zero-order valence-corrected chi connectivity index (χ0v) is 12.2. The van der Waals surface area contributed by atoms with Crippen LogP contribution in [-0.4, -0.2) is 20.7 Å². The third kappa shape index (κ3) is 2.11. The van der Waals surface area contributed by atoms with E-state index in [1.165, 1.54) is 6.92 Å². The van der Waals surface area contributed by atoms with Gasteiger partial charge in [0.15, 0.2) is 0 Å². The Morgan fingerprint density at radius 2 is 1.75 bits per heavy atom. The van der Waals surface area contributed by atoms with Gasteiger partial charge in [0.05, 0.1) is 5.56 Å². The molecule has 1 aliphatic rings. The number of aromatic carboxylic acids is 1. The molecule has 0 radical (unpaired) electrons. The highest BCUT2D eigenvalue weighted by molar-refractivity contribution is 5.92. The van der Waals surface area contributed by atoms with Crippen molar-refractivity contribution in [1.29, 1.82) is 0 Å². The van der Waals surface area contributed by atoms with Crippen molar-refractivity contribution in [3.05, 3.63) is 27.2 Å². The first-order valence-corrected chi connectivity index (χ1v) is 6.98. The largest absolute Gasteiger partial charge is 0.506 e. The number of carboxylic acids is 1. The molecule has 5 heteroatoms. The number of aromatic hydroxyl groups is 1. The lowest BCUT2D eigenvalue weighted by molar-refractivity contribution is 0.0689. The Kier molecular flexibility index (Phi) is 3.63. The Bertz CT molecular complexity index is 609. The number of pyridine rings is 1. The zero-order chi connectivity index (χ0) is 15.1. The third-order valence-corrected chi connectivity index (χ3v) is 4.50. The summed E-state index contributed by atoms with van der Waals surface area (Å²) in [6.45, 7) is 5.08. The summed E-state index contributed by atoms with van der Waals surface area (Å²) in [6, 6.07) is 0. The molecule has 2 N–H and O–H groups in total. The maximum Gasteiger partial charge on any atom is 0.341 e. The van der Waals surface area contributed by atoms with Gasteiger partial charge < -0.3 is 14.8 Å². The number of rotatable bonds is 2. The average molecular weight is 279 g/mol. The van der Waals surface area contributed by atoms with Crippen molar-refractivity contribution in [2.45, 2.75) is 58.4 Å². The van der Waals surface area contributed by atoms with Crippen LogP contribution in [0.1, 0.15) is 60.6 Å². The predicted molar refractivity (Wildman–Crippen MR) is 75.5 cm³/mol. The number of carboxylic acid groups (broad SMARTS) is 1. The first-order valence-electron chi connectivity index (χ1n) is 6.98. The normalized spacial score (nSPS) is 17.9. The zero-order valence-electron chi connectivity index (χ0n) is 12.2. The molecule has 1 saturated carbocycles. The Labute approximate surface area is 117 Å². The summed E-state index contributed by atoms with van der Waals surface area (Å²) in [5, 5.41) is 19.2. The second kappa shape index (κ2) is 4.96. The molecule has 5 nitrogen and oxygen atoms in total. The van der Waals surface area contributed by atoms with Crippen molar-refractivity contribution < 1.29 is 15.0 Å². The van der Waals surface area contributed by atoms with Crippen molar-refractivity contribution in [1.82, 2.24) is 4.57 Å². The molecule has 0 saturated heterocycles. The van der Waals surface area contributed by atoms with Crippen molar-refractivity contribution in [3.63, 3.8) is 0 Å². The second-order valence-electron chi connectivity index (χ2n) is 5.94. The molecular formula is C15H21NO4. The van der Waals surface area contributed by atoms with Crippen LogP contribution in [0.15, 0.2) is 4.79 Å². The number of hydrogen-bond acceptors (Lipinski definition) is 3. The molecule has 110 valence electrons. The number of carbonyl (C=O) groups is 1. The SMILES string of the molecule is Cc1c(O)c(C(=O)O)c(C)n(C2(C)CCCCC2)c1=O. The number of nitrogens with zero attached hydrogens (tertiary/aromatic N) is 1. The summed E-state index contributed by atoms with van der Waals surface area (Å²) < 4.78 is 1.59. The second-order valence-corrected chi connectivity index (χ2v) is 5.94. The highest BCUT2D eigenvalue weighted by Crippen LogP contribution is 2.36. The lowest BCUT2D eigenvalue weighted by Crippen LogP contribution is -2.43. The lowest BCUT2D eigenvalue weighted by atomic mass is 9.82. The number of hydrogen-bond donors (Lipinski definition) is 2. The van der Waals surface area contributed by atoms with Gasteiger partial charge in [-0.2, -0.15) is 0 Å². The molecule has 1 heterocycles. The molecule has 0 aliphatic heterocycles. The molecular weight excluding hydrogens is 258 g/mol. The van der Waals surface area contributed by atoms with Gasteiger partial charge in [-0.05, 0) is 33.6 Å². The van der Waals surface area contributed by atoms with E-state index in [0.717, 1.165) is 32.1 Å². The summed E-state index contributed by atoms with van der Waals surface area (Å²) in [7, 11) is 0. The Hall–Kier alpha value is -1.78. The van der Waals surface area contributed by atoms with Gasteiger partial charge in [-0.15, -0.1) is 0 Å². The molecule has 1 aromatic rings. The standard InChI is InChI=1S/C15H21NO4/c1-9-12(17)11(14(19)20)10(2)16(13(9)18)15(3)7-5-4-6-8-15/h17H,4-8H2,1-3H3,(H,19,20). The van der Waals surface area contributed by atoms with Gasteiger partial charge in [0.1, 0.15) is 11.3 Å². The number of aromatic nitrogens is 1. The molecule has 0 spiro atoms. The minimum atomic E-state index is -1.20. The molecule has 0 amide bonds. The fourth-order valence-corrected chi connectivity index (χ4v) is 3.34. The van der Waals surface area contributed by atoms with Gasteiger partial charge >= 0.3 is 5.97 Å². The summed E-state index contributed by atoms with van der Waals surface area (Å²) in [4.78, 5) is 23.9. The molecule has 0 bridgehead atoms. The van der Waals surface area contributed by atoms with Gasteiger partial charge in [-0.25, -0.2) is 4.79 Å². The van der Waals surface area contributed by atoms with E-state index in [1.54, 1.807) is 11.5 Å². The fourth-order valence-electron chi connectivity index (χ4n) is 3.34. The van der Waals surface area contributed by atoms with Crippen LogP contribution in [0.5, 0.6) is 5.75 Å². The highest BCUT2D eigenvalue weighted by Gasteiger charge is 2.34. The molecule has 1 aliphatic carbocycles. The first-order chi connectivity index (χ1) is 9.29. The molecule has 20 heavy (non-hydrogen) atoms. The van der Waals surface area contributed by atoms with Crippen molar-refractivity contribution in [2.75, 3.05) is 0 Å². The van der Waals surface area contributed by atoms with Crippen LogP contribution in [0.2, 0.25) is 0 Å². The fraction of sp³-hybridized carbons (Fsp3) is 0.600. The van der Waals surface area contributed by atoms with E-state index in [0.29, 0.717) is 5.69 Å². The van der Waals surface area contributed by atoms with Crippen LogP contribution >= 0.6 is 0 Å². The molecule has 0 atom stereocenters. The quantitative estimate of drug-likeness (QED) is 0.872. The minimum absolute atomic E-state index is 0.111. The summed E-state index contributed by atoms with van der Waals surface area (Å²) in [6.07, 6.45) is 4.93. The van der Waals surface area contributed by atoms with E-state index < -0.39 is 11.7 Å². The van der Waals surface area contributed by atoms with Crippen molar-refractivity contribution in [3.8, 4) is 5.75 Å². The van der Waals surface area contributed by atoms with Crippen LogP contribution in [0.4, 0.5) is 0 Å². The van der Waals surface area contributed by atoms with E-state index in [1.807, 2.05) is 6.92 Å². The van der Waals surface area contributed by atoms with E-state index in [-0.39, 0.29) is 22.2 Å². The predicted octanol–water partition coefficient (Wildman–Crippen LogP) is 2.55. The summed E-state index contributed by atoms with van der Waals surface area (Å²) in [5.41, 5.74) is -0.347.